The Balaban J connectivity index is 2.08. The molecule has 0 spiro atoms. The third-order valence-electron chi connectivity index (χ3n) is 3.94. The molecule has 0 radical (unpaired) electrons. The summed E-state index contributed by atoms with van der Waals surface area (Å²) in [5.41, 5.74) is 5.32. The van der Waals surface area contributed by atoms with Gasteiger partial charge in [0.15, 0.2) is 0 Å². The van der Waals surface area contributed by atoms with Crippen molar-refractivity contribution >= 4 is 15.9 Å². The molecule has 1 aromatic carbocycles. The van der Waals surface area contributed by atoms with Gasteiger partial charge in [0.05, 0.1) is 5.69 Å². The quantitative estimate of drug-likeness (QED) is 0.670. The van der Waals surface area contributed by atoms with Crippen molar-refractivity contribution in [2.24, 2.45) is 5.92 Å². The van der Waals surface area contributed by atoms with Crippen LogP contribution in [-0.2, 0) is 25.8 Å². The van der Waals surface area contributed by atoms with E-state index in [1.165, 1.54) is 22.5 Å². The van der Waals surface area contributed by atoms with Crippen LogP contribution in [0.3, 0.4) is 0 Å². The van der Waals surface area contributed by atoms with Gasteiger partial charge in [0.2, 0.25) is 0 Å². The summed E-state index contributed by atoms with van der Waals surface area (Å²) >= 11 is 3.69. The summed E-state index contributed by atoms with van der Waals surface area (Å²) in [4.78, 5) is 0. The zero-order chi connectivity index (χ0) is 15.2. The highest BCUT2D eigenvalue weighted by molar-refractivity contribution is 9.09. The van der Waals surface area contributed by atoms with Crippen LogP contribution >= 0.6 is 15.9 Å². The van der Waals surface area contributed by atoms with Crippen molar-refractivity contribution in [1.82, 2.24) is 9.78 Å². The molecule has 114 valence electrons. The predicted molar refractivity (Wildman–Crippen MR) is 93.2 cm³/mol. The largest absolute Gasteiger partial charge is 0.270 e. The molecule has 0 aliphatic carbocycles. The topological polar surface area (TPSA) is 17.8 Å². The van der Waals surface area contributed by atoms with Gasteiger partial charge in [-0.25, -0.2) is 0 Å². The van der Waals surface area contributed by atoms with Crippen LogP contribution in [0.4, 0.5) is 0 Å². The maximum Gasteiger partial charge on any atom is 0.0624 e. The average Bonchev–Trinajstić information content (AvgIpc) is 2.91. The molecule has 0 bridgehead atoms. The maximum absolute atomic E-state index is 4.65. The average molecular weight is 349 g/mol. The Morgan fingerprint density at radius 1 is 1.14 bits per heavy atom. The van der Waals surface area contributed by atoms with E-state index in [2.05, 4.69) is 76.8 Å². The molecule has 2 nitrogen and oxygen atoms in total. The molecular weight excluding hydrogens is 324 g/mol. The highest BCUT2D eigenvalue weighted by Crippen LogP contribution is 2.18. The molecule has 2 rings (SSSR count). The number of hydrogen-bond acceptors (Lipinski definition) is 1. The maximum atomic E-state index is 4.65. The van der Waals surface area contributed by atoms with Gasteiger partial charge in [0.25, 0.3) is 0 Å². The van der Waals surface area contributed by atoms with E-state index < -0.39 is 0 Å². The van der Waals surface area contributed by atoms with E-state index in [1.807, 2.05) is 0 Å². The smallest absolute Gasteiger partial charge is 0.0624 e. The first-order valence-corrected chi connectivity index (χ1v) is 8.95. The normalized spacial score (nSPS) is 12.6. The fraction of sp³-hybridized carbons (Fsp3) is 0.500. The Bertz CT molecular complexity index is 557. The van der Waals surface area contributed by atoms with Gasteiger partial charge < -0.3 is 0 Å². The Morgan fingerprint density at radius 3 is 2.43 bits per heavy atom. The highest BCUT2D eigenvalue weighted by Gasteiger charge is 2.14. The van der Waals surface area contributed by atoms with Crippen molar-refractivity contribution in [2.75, 3.05) is 5.33 Å². The number of halogens is 1. The Morgan fingerprint density at radius 2 is 1.86 bits per heavy atom. The SMILES string of the molecule is CCc1cc(CC(CBr)Cc2ccc(C)cc2)n(CC)n1. The fourth-order valence-electron chi connectivity index (χ4n) is 2.66. The Kier molecular flexibility index (Phi) is 6.04. The molecule has 0 N–H and O–H groups in total. The van der Waals surface area contributed by atoms with Crippen LogP contribution in [0, 0.1) is 12.8 Å². The molecule has 0 aliphatic heterocycles. The minimum Gasteiger partial charge on any atom is -0.270 e. The lowest BCUT2D eigenvalue weighted by Gasteiger charge is -2.15. The number of hydrogen-bond donors (Lipinski definition) is 0. The molecule has 1 atom stereocenters. The Labute approximate surface area is 136 Å². The number of rotatable bonds is 7. The molecular formula is C18H25BrN2. The lowest BCUT2D eigenvalue weighted by molar-refractivity contribution is 0.535. The lowest BCUT2D eigenvalue weighted by atomic mass is 9.96. The second kappa shape index (κ2) is 7.79. The van der Waals surface area contributed by atoms with E-state index in [9.17, 15) is 0 Å². The van der Waals surface area contributed by atoms with Gasteiger partial charge in [-0.05, 0) is 50.7 Å². The van der Waals surface area contributed by atoms with Crippen LogP contribution < -0.4 is 0 Å². The lowest BCUT2D eigenvalue weighted by Crippen LogP contribution is -2.13. The number of aryl methyl sites for hydroxylation is 3. The van der Waals surface area contributed by atoms with E-state index in [0.717, 1.165) is 31.1 Å². The van der Waals surface area contributed by atoms with Crippen molar-refractivity contribution in [3.63, 3.8) is 0 Å². The minimum absolute atomic E-state index is 0.611. The van der Waals surface area contributed by atoms with Crippen LogP contribution in [0.25, 0.3) is 0 Å². The summed E-state index contributed by atoms with van der Waals surface area (Å²) in [5.74, 6) is 0.611. The molecule has 0 aliphatic rings. The molecule has 0 fully saturated rings. The van der Waals surface area contributed by atoms with Gasteiger partial charge in [-0.3, -0.25) is 4.68 Å². The molecule has 1 aromatic heterocycles. The van der Waals surface area contributed by atoms with E-state index in [1.54, 1.807) is 0 Å². The summed E-state index contributed by atoms with van der Waals surface area (Å²) < 4.78 is 2.16. The Hall–Kier alpha value is -1.09. The van der Waals surface area contributed by atoms with Gasteiger partial charge in [0, 0.05) is 17.6 Å². The molecule has 3 heteroatoms. The van der Waals surface area contributed by atoms with Crippen LogP contribution in [0.15, 0.2) is 30.3 Å². The third kappa shape index (κ3) is 4.44. The van der Waals surface area contributed by atoms with Gasteiger partial charge in [-0.2, -0.15) is 5.10 Å². The molecule has 1 unspecified atom stereocenters. The van der Waals surface area contributed by atoms with Crippen molar-refractivity contribution in [2.45, 2.75) is 46.6 Å². The van der Waals surface area contributed by atoms with Gasteiger partial charge >= 0.3 is 0 Å². The molecule has 0 amide bonds. The summed E-state index contributed by atoms with van der Waals surface area (Å²) in [6.45, 7) is 7.42. The highest BCUT2D eigenvalue weighted by atomic mass is 79.9. The summed E-state index contributed by atoms with van der Waals surface area (Å²) in [7, 11) is 0. The number of nitrogens with zero attached hydrogens (tertiary/aromatic N) is 2. The molecule has 1 heterocycles. The molecule has 0 saturated carbocycles. The third-order valence-corrected chi connectivity index (χ3v) is 4.85. The molecule has 0 saturated heterocycles. The van der Waals surface area contributed by atoms with Gasteiger partial charge in [0.1, 0.15) is 0 Å². The van der Waals surface area contributed by atoms with Crippen LogP contribution in [0.5, 0.6) is 0 Å². The number of alkyl halides is 1. The van der Waals surface area contributed by atoms with E-state index >= 15 is 0 Å². The summed E-state index contributed by atoms with van der Waals surface area (Å²) in [6.07, 6.45) is 3.21. The second-order valence-electron chi connectivity index (χ2n) is 5.71. The van der Waals surface area contributed by atoms with Crippen LogP contribution in [0.1, 0.15) is 36.4 Å². The first-order chi connectivity index (χ1) is 10.2. The predicted octanol–water partition coefficient (Wildman–Crippen LogP) is 4.57. The van der Waals surface area contributed by atoms with Gasteiger partial charge in [-0.1, -0.05) is 52.7 Å². The number of benzene rings is 1. The van der Waals surface area contributed by atoms with E-state index in [0.29, 0.717) is 5.92 Å². The first kappa shape index (κ1) is 16.3. The van der Waals surface area contributed by atoms with E-state index in [4.69, 9.17) is 0 Å². The van der Waals surface area contributed by atoms with Gasteiger partial charge in [-0.15, -0.1) is 0 Å². The van der Waals surface area contributed by atoms with Crippen molar-refractivity contribution in [3.8, 4) is 0 Å². The number of aromatic nitrogens is 2. The molecule has 2 aromatic rings. The second-order valence-corrected chi connectivity index (χ2v) is 6.36. The van der Waals surface area contributed by atoms with E-state index in [-0.39, 0.29) is 0 Å². The van der Waals surface area contributed by atoms with Crippen LogP contribution in [0.2, 0.25) is 0 Å². The van der Waals surface area contributed by atoms with Crippen molar-refractivity contribution in [1.29, 1.82) is 0 Å². The zero-order valence-corrected chi connectivity index (χ0v) is 14.9. The molecule has 21 heavy (non-hydrogen) atoms. The summed E-state index contributed by atoms with van der Waals surface area (Å²) in [6, 6.07) is 11.2. The van der Waals surface area contributed by atoms with Crippen molar-refractivity contribution < 1.29 is 0 Å². The monoisotopic (exact) mass is 348 g/mol. The van der Waals surface area contributed by atoms with Crippen LogP contribution in [-0.4, -0.2) is 15.1 Å². The fourth-order valence-corrected chi connectivity index (χ4v) is 3.12. The van der Waals surface area contributed by atoms with Crippen molar-refractivity contribution in [3.05, 3.63) is 52.8 Å². The minimum atomic E-state index is 0.611. The zero-order valence-electron chi connectivity index (χ0n) is 13.3. The summed E-state index contributed by atoms with van der Waals surface area (Å²) in [5, 5.41) is 5.68. The first-order valence-electron chi connectivity index (χ1n) is 7.83. The standard InChI is InChI=1S/C18H25BrN2/c1-4-17-12-18(21(5-2)20-17)11-16(13-19)10-15-8-6-14(3)7-9-15/h6-9,12,16H,4-5,10-11,13H2,1-3H3.